The fourth-order valence-corrected chi connectivity index (χ4v) is 1.62. The summed E-state index contributed by atoms with van der Waals surface area (Å²) in [6.07, 6.45) is 3.42. The molecule has 4 nitrogen and oxygen atoms in total. The Hall–Kier alpha value is -1.62. The Balaban J connectivity index is 1.95. The summed E-state index contributed by atoms with van der Waals surface area (Å²) in [6, 6.07) is 5.81. The second kappa shape index (κ2) is 4.06. The predicted molar refractivity (Wildman–Crippen MR) is 58.1 cm³/mol. The SMILES string of the molecule is Nc1cnc(NCc2ccccn2)s1. The molecule has 0 bridgehead atoms. The highest BCUT2D eigenvalue weighted by Gasteiger charge is 1.98. The van der Waals surface area contributed by atoms with Crippen LogP contribution in [0.25, 0.3) is 0 Å². The molecular formula is C9H10N4S. The average molecular weight is 206 g/mol. The van der Waals surface area contributed by atoms with Crippen LogP contribution in [0.15, 0.2) is 30.6 Å². The molecule has 2 rings (SSSR count). The first-order valence-corrected chi connectivity index (χ1v) is 5.01. The summed E-state index contributed by atoms with van der Waals surface area (Å²) < 4.78 is 0. The van der Waals surface area contributed by atoms with Crippen LogP contribution in [0.5, 0.6) is 0 Å². The Kier molecular flexibility index (Phi) is 2.60. The molecule has 0 aliphatic rings. The lowest BCUT2D eigenvalue weighted by molar-refractivity contribution is 1.04. The number of nitrogens with one attached hydrogen (secondary N) is 1. The van der Waals surface area contributed by atoms with Crippen LogP contribution in [0, 0.1) is 0 Å². The summed E-state index contributed by atoms with van der Waals surface area (Å²) >= 11 is 1.43. The number of nitrogen functional groups attached to an aromatic ring is 1. The maximum atomic E-state index is 5.55. The Morgan fingerprint density at radius 3 is 2.93 bits per heavy atom. The largest absolute Gasteiger partial charge is 0.389 e. The summed E-state index contributed by atoms with van der Waals surface area (Å²) in [6.45, 7) is 0.674. The van der Waals surface area contributed by atoms with Crippen LogP contribution in [0.3, 0.4) is 0 Å². The zero-order valence-electron chi connectivity index (χ0n) is 7.47. The van der Waals surface area contributed by atoms with Crippen LogP contribution < -0.4 is 11.1 Å². The summed E-state index contributed by atoms with van der Waals surface area (Å²) in [4.78, 5) is 8.27. The van der Waals surface area contributed by atoms with Gasteiger partial charge in [-0.3, -0.25) is 4.98 Å². The Morgan fingerprint density at radius 2 is 2.29 bits per heavy atom. The van der Waals surface area contributed by atoms with Gasteiger partial charge in [0.25, 0.3) is 0 Å². The molecule has 0 fully saturated rings. The minimum Gasteiger partial charge on any atom is -0.389 e. The molecule has 2 aromatic rings. The van der Waals surface area contributed by atoms with E-state index < -0.39 is 0 Å². The maximum Gasteiger partial charge on any atom is 0.184 e. The number of hydrogen-bond donors (Lipinski definition) is 2. The van der Waals surface area contributed by atoms with Crippen molar-refractivity contribution in [1.82, 2.24) is 9.97 Å². The second-order valence-electron chi connectivity index (χ2n) is 2.74. The van der Waals surface area contributed by atoms with Gasteiger partial charge in [-0.1, -0.05) is 17.4 Å². The lowest BCUT2D eigenvalue weighted by atomic mass is 10.3. The van der Waals surface area contributed by atoms with Crippen LogP contribution in [-0.4, -0.2) is 9.97 Å². The van der Waals surface area contributed by atoms with Crippen molar-refractivity contribution in [3.05, 3.63) is 36.3 Å². The minimum atomic E-state index is 0.674. The molecule has 0 aliphatic carbocycles. The van der Waals surface area contributed by atoms with Gasteiger partial charge in [-0.2, -0.15) is 0 Å². The standard InChI is InChI=1S/C9H10N4S/c10-8-6-13-9(14-8)12-5-7-3-1-2-4-11-7/h1-4,6H,5,10H2,(H,12,13). The van der Waals surface area contributed by atoms with Gasteiger partial charge in [-0.25, -0.2) is 4.98 Å². The second-order valence-corrected chi connectivity index (χ2v) is 3.80. The van der Waals surface area contributed by atoms with Gasteiger partial charge in [0.1, 0.15) is 5.00 Å². The molecule has 0 spiro atoms. The highest BCUT2D eigenvalue weighted by molar-refractivity contribution is 7.19. The minimum absolute atomic E-state index is 0.674. The molecule has 0 aliphatic heterocycles. The number of nitrogens with two attached hydrogens (primary N) is 1. The van der Waals surface area contributed by atoms with Gasteiger partial charge in [-0.05, 0) is 12.1 Å². The number of thiazole rings is 1. The first-order valence-electron chi connectivity index (χ1n) is 4.19. The van der Waals surface area contributed by atoms with E-state index in [0.717, 1.165) is 10.8 Å². The fourth-order valence-electron chi connectivity index (χ4n) is 1.04. The van der Waals surface area contributed by atoms with E-state index in [1.165, 1.54) is 11.3 Å². The molecule has 0 aromatic carbocycles. The molecule has 0 saturated carbocycles. The molecule has 14 heavy (non-hydrogen) atoms. The number of hydrogen-bond acceptors (Lipinski definition) is 5. The van der Waals surface area contributed by atoms with Crippen molar-refractivity contribution >= 4 is 21.5 Å². The van der Waals surface area contributed by atoms with Crippen LogP contribution >= 0.6 is 11.3 Å². The van der Waals surface area contributed by atoms with E-state index in [2.05, 4.69) is 15.3 Å². The van der Waals surface area contributed by atoms with Crippen molar-refractivity contribution in [3.8, 4) is 0 Å². The van der Waals surface area contributed by atoms with Gasteiger partial charge in [0, 0.05) is 6.20 Å². The molecule has 0 unspecified atom stereocenters. The van der Waals surface area contributed by atoms with E-state index in [9.17, 15) is 0 Å². The van der Waals surface area contributed by atoms with Gasteiger partial charge < -0.3 is 11.1 Å². The van der Waals surface area contributed by atoms with Crippen molar-refractivity contribution in [2.24, 2.45) is 0 Å². The van der Waals surface area contributed by atoms with Gasteiger partial charge in [-0.15, -0.1) is 0 Å². The predicted octanol–water partition coefficient (Wildman–Crippen LogP) is 1.73. The highest BCUT2D eigenvalue weighted by Crippen LogP contribution is 2.19. The van der Waals surface area contributed by atoms with Crippen molar-refractivity contribution < 1.29 is 0 Å². The van der Waals surface area contributed by atoms with Crippen LogP contribution in [0.2, 0.25) is 0 Å². The summed E-state index contributed by atoms with van der Waals surface area (Å²) in [5.74, 6) is 0. The summed E-state index contributed by atoms with van der Waals surface area (Å²) in [5, 5.41) is 4.69. The van der Waals surface area contributed by atoms with Crippen molar-refractivity contribution in [2.75, 3.05) is 11.1 Å². The molecule has 0 radical (unpaired) electrons. The number of aromatic nitrogens is 2. The monoisotopic (exact) mass is 206 g/mol. The Bertz CT molecular complexity index is 398. The third kappa shape index (κ3) is 2.20. The quantitative estimate of drug-likeness (QED) is 0.802. The fraction of sp³-hybridized carbons (Fsp3) is 0.111. The first kappa shape index (κ1) is 8.96. The smallest absolute Gasteiger partial charge is 0.184 e. The van der Waals surface area contributed by atoms with Crippen molar-refractivity contribution in [3.63, 3.8) is 0 Å². The lowest BCUT2D eigenvalue weighted by Gasteiger charge is -2.00. The number of anilines is 2. The lowest BCUT2D eigenvalue weighted by Crippen LogP contribution is -2.00. The normalized spacial score (nSPS) is 10.0. The third-order valence-corrected chi connectivity index (χ3v) is 2.45. The zero-order valence-corrected chi connectivity index (χ0v) is 8.29. The van der Waals surface area contributed by atoms with E-state index in [1.54, 1.807) is 12.4 Å². The van der Waals surface area contributed by atoms with Crippen LogP contribution in [-0.2, 0) is 6.54 Å². The molecule has 5 heteroatoms. The van der Waals surface area contributed by atoms with Gasteiger partial charge >= 0.3 is 0 Å². The van der Waals surface area contributed by atoms with Gasteiger partial charge in [0.2, 0.25) is 0 Å². The van der Waals surface area contributed by atoms with E-state index >= 15 is 0 Å². The first-order chi connectivity index (χ1) is 6.84. The molecule has 2 heterocycles. The number of rotatable bonds is 3. The van der Waals surface area contributed by atoms with Gasteiger partial charge in [0.05, 0.1) is 18.4 Å². The molecule has 0 atom stereocenters. The number of pyridine rings is 1. The van der Waals surface area contributed by atoms with E-state index in [4.69, 9.17) is 5.73 Å². The molecule has 2 aromatic heterocycles. The molecular weight excluding hydrogens is 196 g/mol. The van der Waals surface area contributed by atoms with Gasteiger partial charge in [0.15, 0.2) is 5.13 Å². The van der Waals surface area contributed by atoms with Crippen molar-refractivity contribution in [1.29, 1.82) is 0 Å². The van der Waals surface area contributed by atoms with Crippen molar-refractivity contribution in [2.45, 2.75) is 6.54 Å². The molecule has 72 valence electrons. The molecule has 3 N–H and O–H groups in total. The third-order valence-electron chi connectivity index (χ3n) is 1.67. The molecule has 0 saturated heterocycles. The summed E-state index contributed by atoms with van der Waals surface area (Å²) in [7, 11) is 0. The maximum absolute atomic E-state index is 5.55. The molecule has 0 amide bonds. The Labute approximate surface area is 85.8 Å². The average Bonchev–Trinajstić information content (AvgIpc) is 2.63. The highest BCUT2D eigenvalue weighted by atomic mass is 32.1. The topological polar surface area (TPSA) is 63.8 Å². The van der Waals surface area contributed by atoms with Crippen LogP contribution in [0.4, 0.5) is 10.1 Å². The summed E-state index contributed by atoms with van der Waals surface area (Å²) in [5.41, 5.74) is 6.54. The number of nitrogens with zero attached hydrogens (tertiary/aromatic N) is 2. The van der Waals surface area contributed by atoms with Crippen LogP contribution in [0.1, 0.15) is 5.69 Å². The van der Waals surface area contributed by atoms with E-state index in [0.29, 0.717) is 11.5 Å². The zero-order chi connectivity index (χ0) is 9.80. The van der Waals surface area contributed by atoms with E-state index in [1.807, 2.05) is 18.2 Å². The Morgan fingerprint density at radius 1 is 1.36 bits per heavy atom. The van der Waals surface area contributed by atoms with E-state index in [-0.39, 0.29) is 0 Å².